The van der Waals surface area contributed by atoms with E-state index in [9.17, 15) is 13.2 Å². The smallest absolute Gasteiger partial charge is 0.253 e. The number of nitrogens with one attached hydrogen (secondary N) is 1. The van der Waals surface area contributed by atoms with Gasteiger partial charge in [0, 0.05) is 18.9 Å². The van der Waals surface area contributed by atoms with E-state index in [0.29, 0.717) is 13.0 Å². The molecule has 1 saturated heterocycles. The Kier molecular flexibility index (Phi) is 4.84. The van der Waals surface area contributed by atoms with Crippen molar-refractivity contribution < 1.29 is 17.9 Å². The number of hydrogen-bond acceptors (Lipinski definition) is 4. The first kappa shape index (κ1) is 17.2. The number of carbonyl (C=O) groups excluding carboxylic acids is 1. The number of hydrogen-bond donors (Lipinski definition) is 1. The first-order valence-electron chi connectivity index (χ1n) is 7.03. The third-order valence-electron chi connectivity index (χ3n) is 3.64. The highest BCUT2D eigenvalue weighted by atomic mass is 35.5. The van der Waals surface area contributed by atoms with Crippen molar-refractivity contribution in [2.24, 2.45) is 0 Å². The minimum atomic E-state index is -3.39. The lowest BCUT2D eigenvalue weighted by Crippen LogP contribution is -2.45. The summed E-state index contributed by atoms with van der Waals surface area (Å²) >= 11 is 6.03. The molecule has 22 heavy (non-hydrogen) atoms. The van der Waals surface area contributed by atoms with Crippen LogP contribution in [0.2, 0.25) is 5.02 Å². The van der Waals surface area contributed by atoms with Gasteiger partial charge in [0.25, 0.3) is 5.91 Å². The molecule has 1 fully saturated rings. The van der Waals surface area contributed by atoms with Gasteiger partial charge in [-0.2, -0.15) is 0 Å². The Bertz CT molecular complexity index is 685. The zero-order valence-electron chi connectivity index (χ0n) is 12.8. The molecule has 0 saturated carbocycles. The highest BCUT2D eigenvalue weighted by molar-refractivity contribution is 7.90. The van der Waals surface area contributed by atoms with Gasteiger partial charge in [0.1, 0.15) is 0 Å². The molecule has 0 bridgehead atoms. The van der Waals surface area contributed by atoms with Gasteiger partial charge in [-0.1, -0.05) is 11.6 Å². The fourth-order valence-corrected chi connectivity index (χ4v) is 3.38. The summed E-state index contributed by atoms with van der Waals surface area (Å²) in [7, 11) is -3.39. The summed E-state index contributed by atoms with van der Waals surface area (Å²) in [5.41, 5.74) is -0.108. The number of rotatable bonds is 3. The molecule has 2 rings (SSSR count). The predicted octanol–water partition coefficient (Wildman–Crippen LogP) is 2.43. The third-order valence-corrected chi connectivity index (χ3v) is 5.08. The lowest BCUT2D eigenvalue weighted by atomic mass is 9.94. The van der Waals surface area contributed by atoms with Crippen molar-refractivity contribution in [2.45, 2.75) is 43.2 Å². The van der Waals surface area contributed by atoms with E-state index < -0.39 is 9.84 Å². The molecule has 1 aromatic carbocycles. The standard InChI is InChI=1S/C15H20ClNO4S/c1-15(2)9-10(6-7-21-15)17-14(18)12-8-11(22(3,19)20)4-5-13(12)16/h4-5,8,10H,6-7,9H2,1-3H3,(H,17,18). The van der Waals surface area contributed by atoms with Gasteiger partial charge in [0.2, 0.25) is 0 Å². The second kappa shape index (κ2) is 6.18. The van der Waals surface area contributed by atoms with Crippen molar-refractivity contribution in [2.75, 3.05) is 12.9 Å². The van der Waals surface area contributed by atoms with Crippen LogP contribution in [0.4, 0.5) is 0 Å². The third kappa shape index (κ3) is 4.21. The summed E-state index contributed by atoms with van der Waals surface area (Å²) in [5, 5.41) is 3.14. The Morgan fingerprint density at radius 2 is 2.09 bits per heavy atom. The minimum Gasteiger partial charge on any atom is -0.375 e. The van der Waals surface area contributed by atoms with E-state index in [1.54, 1.807) is 0 Å². The lowest BCUT2D eigenvalue weighted by molar-refractivity contribution is -0.0615. The van der Waals surface area contributed by atoms with Crippen LogP contribution in [0.15, 0.2) is 23.1 Å². The Morgan fingerprint density at radius 1 is 1.41 bits per heavy atom. The Balaban J connectivity index is 2.19. The number of ether oxygens (including phenoxy) is 1. The van der Waals surface area contributed by atoms with Crippen LogP contribution < -0.4 is 5.32 Å². The van der Waals surface area contributed by atoms with Gasteiger partial charge in [-0.25, -0.2) is 8.42 Å². The van der Waals surface area contributed by atoms with Gasteiger partial charge in [0.05, 0.1) is 21.1 Å². The molecular weight excluding hydrogens is 326 g/mol. The molecule has 1 atom stereocenters. The molecule has 1 amide bonds. The molecule has 0 aliphatic carbocycles. The van der Waals surface area contributed by atoms with Crippen molar-refractivity contribution in [1.29, 1.82) is 0 Å². The molecule has 1 aromatic rings. The fourth-order valence-electron chi connectivity index (χ4n) is 2.53. The number of halogens is 1. The van der Waals surface area contributed by atoms with E-state index >= 15 is 0 Å². The van der Waals surface area contributed by atoms with Gasteiger partial charge in [0.15, 0.2) is 9.84 Å². The van der Waals surface area contributed by atoms with E-state index in [2.05, 4.69) is 5.32 Å². The minimum absolute atomic E-state index is 0.0193. The molecule has 1 heterocycles. The highest BCUT2D eigenvalue weighted by Crippen LogP contribution is 2.25. The monoisotopic (exact) mass is 345 g/mol. The normalized spacial score (nSPS) is 21.4. The second-order valence-electron chi connectivity index (χ2n) is 6.19. The first-order valence-corrected chi connectivity index (χ1v) is 9.30. The number of benzene rings is 1. The summed E-state index contributed by atoms with van der Waals surface area (Å²) in [4.78, 5) is 12.5. The molecule has 1 aliphatic heterocycles. The van der Waals surface area contributed by atoms with Gasteiger partial charge in [-0.3, -0.25) is 4.79 Å². The van der Waals surface area contributed by atoms with E-state index in [1.807, 2.05) is 13.8 Å². The summed E-state index contributed by atoms with van der Waals surface area (Å²) in [6.07, 6.45) is 2.51. The Labute approximate surface area is 135 Å². The second-order valence-corrected chi connectivity index (χ2v) is 8.61. The maximum absolute atomic E-state index is 12.4. The molecule has 1 aliphatic rings. The lowest BCUT2D eigenvalue weighted by Gasteiger charge is -2.35. The predicted molar refractivity (Wildman–Crippen MR) is 85.1 cm³/mol. The quantitative estimate of drug-likeness (QED) is 0.913. The highest BCUT2D eigenvalue weighted by Gasteiger charge is 2.30. The van der Waals surface area contributed by atoms with Crippen LogP contribution in [0.3, 0.4) is 0 Å². The maximum atomic E-state index is 12.4. The molecule has 5 nitrogen and oxygen atoms in total. The van der Waals surface area contributed by atoms with E-state index in [-0.39, 0.29) is 33.0 Å². The molecule has 122 valence electrons. The van der Waals surface area contributed by atoms with Gasteiger partial charge < -0.3 is 10.1 Å². The van der Waals surface area contributed by atoms with Crippen LogP contribution in [-0.4, -0.2) is 38.8 Å². The zero-order chi connectivity index (χ0) is 16.5. The number of amides is 1. The van der Waals surface area contributed by atoms with E-state index in [4.69, 9.17) is 16.3 Å². The maximum Gasteiger partial charge on any atom is 0.253 e. The molecule has 0 spiro atoms. The molecule has 1 N–H and O–H groups in total. The number of carbonyl (C=O) groups is 1. The summed E-state index contributed by atoms with van der Waals surface area (Å²) in [5.74, 6) is -0.363. The van der Waals surface area contributed by atoms with Crippen molar-refractivity contribution in [3.05, 3.63) is 28.8 Å². The van der Waals surface area contributed by atoms with E-state index in [1.165, 1.54) is 18.2 Å². The van der Waals surface area contributed by atoms with Crippen molar-refractivity contribution in [1.82, 2.24) is 5.32 Å². The Hall–Kier alpha value is -1.11. The summed E-state index contributed by atoms with van der Waals surface area (Å²) in [6.45, 7) is 4.53. The molecule has 0 aromatic heterocycles. The largest absolute Gasteiger partial charge is 0.375 e. The van der Waals surface area contributed by atoms with Crippen LogP contribution in [0.25, 0.3) is 0 Å². The van der Waals surface area contributed by atoms with Crippen molar-refractivity contribution in [3.63, 3.8) is 0 Å². The van der Waals surface area contributed by atoms with Crippen LogP contribution >= 0.6 is 11.6 Å². The average Bonchev–Trinajstić information content (AvgIpc) is 2.36. The van der Waals surface area contributed by atoms with Gasteiger partial charge in [-0.05, 0) is 44.9 Å². The summed E-state index contributed by atoms with van der Waals surface area (Å²) in [6, 6.07) is 4.12. The van der Waals surface area contributed by atoms with Gasteiger partial charge >= 0.3 is 0 Å². The van der Waals surface area contributed by atoms with Gasteiger partial charge in [-0.15, -0.1) is 0 Å². The van der Waals surface area contributed by atoms with E-state index in [0.717, 1.165) is 12.7 Å². The van der Waals surface area contributed by atoms with Crippen LogP contribution in [0.5, 0.6) is 0 Å². The molecule has 1 unspecified atom stereocenters. The molecular formula is C15H20ClNO4S. The fraction of sp³-hybridized carbons (Fsp3) is 0.533. The summed E-state index contributed by atoms with van der Waals surface area (Å²) < 4.78 is 28.8. The van der Waals surface area contributed by atoms with Crippen molar-refractivity contribution >= 4 is 27.3 Å². The Morgan fingerprint density at radius 3 is 2.68 bits per heavy atom. The van der Waals surface area contributed by atoms with Crippen molar-refractivity contribution in [3.8, 4) is 0 Å². The van der Waals surface area contributed by atoms with Crippen LogP contribution in [0.1, 0.15) is 37.0 Å². The van der Waals surface area contributed by atoms with Crippen LogP contribution in [-0.2, 0) is 14.6 Å². The van der Waals surface area contributed by atoms with Crippen LogP contribution in [0, 0.1) is 0 Å². The number of sulfone groups is 1. The topological polar surface area (TPSA) is 72.5 Å². The molecule has 7 heteroatoms. The molecule has 0 radical (unpaired) electrons. The zero-order valence-corrected chi connectivity index (χ0v) is 14.4. The first-order chi connectivity index (χ1) is 10.1. The SMILES string of the molecule is CC1(C)CC(NC(=O)c2cc(S(C)(=O)=O)ccc2Cl)CCO1. The average molecular weight is 346 g/mol.